The van der Waals surface area contributed by atoms with E-state index in [2.05, 4.69) is 17.2 Å². The van der Waals surface area contributed by atoms with Crippen molar-refractivity contribution in [1.82, 2.24) is 14.7 Å². The third-order valence-corrected chi connectivity index (χ3v) is 5.25. The Bertz CT molecular complexity index is 977. The molecule has 0 aliphatic carbocycles. The molecule has 1 aromatic carbocycles. The van der Waals surface area contributed by atoms with Gasteiger partial charge < -0.3 is 14.6 Å². The lowest BCUT2D eigenvalue weighted by Gasteiger charge is -2.19. The van der Waals surface area contributed by atoms with Crippen LogP contribution in [0.1, 0.15) is 24.6 Å². The zero-order valence-corrected chi connectivity index (χ0v) is 16.0. The maximum absolute atomic E-state index is 12.6. The highest BCUT2D eigenvalue weighted by molar-refractivity contribution is 6.00. The molecule has 1 aliphatic rings. The smallest absolute Gasteiger partial charge is 0.227 e. The summed E-state index contributed by atoms with van der Waals surface area (Å²) in [6.07, 6.45) is 5.71. The van der Waals surface area contributed by atoms with Crippen LogP contribution < -0.4 is 10.2 Å². The molecular formula is C22H24N4O2. The number of anilines is 1. The Morgan fingerprint density at radius 2 is 2.04 bits per heavy atom. The first-order chi connectivity index (χ1) is 13.7. The minimum absolute atomic E-state index is 0.0152. The molecule has 3 aromatic rings. The van der Waals surface area contributed by atoms with Gasteiger partial charge in [-0.3, -0.25) is 9.59 Å². The van der Waals surface area contributed by atoms with Gasteiger partial charge in [0.25, 0.3) is 0 Å². The first-order valence-corrected chi connectivity index (χ1v) is 9.74. The van der Waals surface area contributed by atoms with Crippen LogP contribution in [0.15, 0.2) is 54.9 Å². The molecule has 2 amide bonds. The number of nitrogens with one attached hydrogen (secondary N) is 1. The normalized spacial score (nSPS) is 16.7. The van der Waals surface area contributed by atoms with Gasteiger partial charge in [0, 0.05) is 44.0 Å². The fourth-order valence-electron chi connectivity index (χ4n) is 3.75. The Hall–Kier alpha value is -3.15. The number of pyridine rings is 1. The number of imidazole rings is 1. The van der Waals surface area contributed by atoms with Gasteiger partial charge in [-0.1, -0.05) is 31.2 Å². The number of fused-ring (bicyclic) bond motifs is 1. The quantitative estimate of drug-likeness (QED) is 0.719. The zero-order valence-electron chi connectivity index (χ0n) is 16.0. The number of aromatic nitrogens is 2. The fourth-order valence-corrected chi connectivity index (χ4v) is 3.75. The summed E-state index contributed by atoms with van der Waals surface area (Å²) in [6.45, 7) is 3.03. The minimum Gasteiger partial charge on any atom is -0.355 e. The molecule has 6 heteroatoms. The number of carbonyl (C=O) groups excluding carboxylic acids is 2. The van der Waals surface area contributed by atoms with Crippen molar-refractivity contribution >= 4 is 23.1 Å². The Morgan fingerprint density at radius 3 is 2.86 bits per heavy atom. The number of para-hydroxylation sites is 1. The summed E-state index contributed by atoms with van der Waals surface area (Å²) in [5, 5.41) is 2.97. The largest absolute Gasteiger partial charge is 0.355 e. The molecule has 144 valence electrons. The maximum Gasteiger partial charge on any atom is 0.227 e. The van der Waals surface area contributed by atoms with Crippen molar-refractivity contribution in [2.45, 2.75) is 26.2 Å². The minimum atomic E-state index is -0.307. The van der Waals surface area contributed by atoms with E-state index in [-0.39, 0.29) is 24.2 Å². The number of carbonyl (C=O) groups is 2. The van der Waals surface area contributed by atoms with Crippen LogP contribution in [-0.2, 0) is 22.4 Å². The Morgan fingerprint density at radius 1 is 1.21 bits per heavy atom. The van der Waals surface area contributed by atoms with Crippen LogP contribution in [0.5, 0.6) is 0 Å². The summed E-state index contributed by atoms with van der Waals surface area (Å²) in [7, 11) is 0. The van der Waals surface area contributed by atoms with E-state index < -0.39 is 0 Å². The van der Waals surface area contributed by atoms with Gasteiger partial charge in [-0.15, -0.1) is 0 Å². The number of benzene rings is 1. The van der Waals surface area contributed by atoms with E-state index in [1.165, 1.54) is 0 Å². The van der Waals surface area contributed by atoms with Crippen molar-refractivity contribution in [3.8, 4) is 0 Å². The van der Waals surface area contributed by atoms with Crippen LogP contribution >= 0.6 is 0 Å². The highest BCUT2D eigenvalue weighted by atomic mass is 16.2. The molecule has 6 nitrogen and oxygen atoms in total. The predicted molar refractivity (Wildman–Crippen MR) is 108 cm³/mol. The monoisotopic (exact) mass is 376 g/mol. The summed E-state index contributed by atoms with van der Waals surface area (Å²) in [5.74, 6) is -0.353. The van der Waals surface area contributed by atoms with Crippen molar-refractivity contribution in [1.29, 1.82) is 0 Å². The molecule has 28 heavy (non-hydrogen) atoms. The van der Waals surface area contributed by atoms with Gasteiger partial charge in [0.2, 0.25) is 11.8 Å². The van der Waals surface area contributed by atoms with Gasteiger partial charge >= 0.3 is 0 Å². The number of nitrogens with zero attached hydrogens (tertiary/aromatic N) is 3. The van der Waals surface area contributed by atoms with Gasteiger partial charge in [-0.25, -0.2) is 4.98 Å². The molecule has 0 spiro atoms. The fraction of sp³-hybridized carbons (Fsp3) is 0.318. The summed E-state index contributed by atoms with van der Waals surface area (Å²) in [4.78, 5) is 31.3. The van der Waals surface area contributed by atoms with Crippen LogP contribution in [0.4, 0.5) is 5.69 Å². The molecule has 1 unspecified atom stereocenters. The van der Waals surface area contributed by atoms with Crippen molar-refractivity contribution < 1.29 is 9.59 Å². The first kappa shape index (κ1) is 18.2. The zero-order chi connectivity index (χ0) is 19.5. The van der Waals surface area contributed by atoms with Gasteiger partial charge in [-0.2, -0.15) is 0 Å². The number of hydrogen-bond donors (Lipinski definition) is 1. The third kappa shape index (κ3) is 3.63. The Kier molecular flexibility index (Phi) is 5.10. The highest BCUT2D eigenvalue weighted by Gasteiger charge is 2.35. The van der Waals surface area contributed by atoms with Crippen LogP contribution in [0, 0.1) is 5.92 Å². The highest BCUT2D eigenvalue weighted by Crippen LogP contribution is 2.28. The van der Waals surface area contributed by atoms with Gasteiger partial charge in [0.05, 0.1) is 11.6 Å². The van der Waals surface area contributed by atoms with Crippen LogP contribution in [0.25, 0.3) is 5.65 Å². The van der Waals surface area contributed by atoms with Crippen molar-refractivity contribution in [3.05, 3.63) is 66.1 Å². The van der Waals surface area contributed by atoms with E-state index in [1.54, 1.807) is 4.90 Å². The van der Waals surface area contributed by atoms with Gasteiger partial charge in [0.1, 0.15) is 5.65 Å². The second kappa shape index (κ2) is 7.84. The average molecular weight is 376 g/mol. The second-order valence-electron chi connectivity index (χ2n) is 7.13. The summed E-state index contributed by atoms with van der Waals surface area (Å²) < 4.78 is 1.97. The van der Waals surface area contributed by atoms with E-state index in [4.69, 9.17) is 0 Å². The number of aryl methyl sites for hydroxylation is 1. The summed E-state index contributed by atoms with van der Waals surface area (Å²) >= 11 is 0. The van der Waals surface area contributed by atoms with E-state index in [0.717, 1.165) is 29.0 Å². The molecule has 1 atom stereocenters. The number of rotatable bonds is 6. The molecule has 2 aromatic heterocycles. The van der Waals surface area contributed by atoms with E-state index >= 15 is 0 Å². The second-order valence-corrected chi connectivity index (χ2v) is 7.13. The SMILES string of the molecule is CCc1ccccc1N1CC(C(=O)NCCc2cn3ccccc3n2)CC1=O. The van der Waals surface area contributed by atoms with Crippen molar-refractivity contribution in [3.63, 3.8) is 0 Å². The third-order valence-electron chi connectivity index (χ3n) is 5.25. The molecule has 4 rings (SSSR count). The lowest BCUT2D eigenvalue weighted by Crippen LogP contribution is -2.34. The summed E-state index contributed by atoms with van der Waals surface area (Å²) in [6, 6.07) is 13.8. The molecule has 0 radical (unpaired) electrons. The van der Waals surface area contributed by atoms with Crippen molar-refractivity contribution in [2.24, 2.45) is 5.92 Å². The van der Waals surface area contributed by atoms with E-state index in [9.17, 15) is 9.59 Å². The average Bonchev–Trinajstić information content (AvgIpc) is 3.30. The summed E-state index contributed by atoms with van der Waals surface area (Å²) in [5.41, 5.74) is 3.89. The standard InChI is InChI=1S/C22H24N4O2/c1-2-16-7-3-4-8-19(16)26-14-17(13-21(26)27)22(28)23-11-10-18-15-25-12-6-5-9-20(25)24-18/h3-9,12,15,17H,2,10-11,13-14H2,1H3,(H,23,28). The molecular weight excluding hydrogens is 352 g/mol. The first-order valence-electron chi connectivity index (χ1n) is 9.74. The van der Waals surface area contributed by atoms with E-state index in [1.807, 2.05) is 59.3 Å². The van der Waals surface area contributed by atoms with Crippen LogP contribution in [0.2, 0.25) is 0 Å². The van der Waals surface area contributed by atoms with Crippen molar-refractivity contribution in [2.75, 3.05) is 18.0 Å². The van der Waals surface area contributed by atoms with Gasteiger partial charge in [-0.05, 0) is 30.2 Å². The van der Waals surface area contributed by atoms with Crippen LogP contribution in [-0.4, -0.2) is 34.3 Å². The number of amides is 2. The molecule has 0 saturated carbocycles. The molecule has 1 fully saturated rings. The molecule has 3 heterocycles. The molecule has 1 N–H and O–H groups in total. The Balaban J connectivity index is 1.34. The number of hydrogen-bond acceptors (Lipinski definition) is 3. The molecule has 1 saturated heterocycles. The topological polar surface area (TPSA) is 66.7 Å². The predicted octanol–water partition coefficient (Wildman–Crippen LogP) is 2.61. The van der Waals surface area contributed by atoms with Gasteiger partial charge in [0.15, 0.2) is 0 Å². The lowest BCUT2D eigenvalue weighted by atomic mass is 10.1. The van der Waals surface area contributed by atoms with E-state index in [0.29, 0.717) is 19.5 Å². The maximum atomic E-state index is 12.6. The lowest BCUT2D eigenvalue weighted by molar-refractivity contribution is -0.126. The molecule has 0 bridgehead atoms. The Labute approximate surface area is 164 Å². The van der Waals surface area contributed by atoms with Crippen LogP contribution in [0.3, 0.4) is 0 Å². The molecule has 1 aliphatic heterocycles.